The standard InChI is InChI=1S/C19H17BrClNO5/c1-11(12-2-5-16-17(8-12)26-7-6-25-16)22-18(23)10-27-19(24)14-9-13(20)3-4-15(14)21/h2-5,8-9,11H,6-7,10H2,1H3,(H,22,23). The van der Waals surface area contributed by atoms with Crippen molar-refractivity contribution >= 4 is 39.4 Å². The van der Waals surface area contributed by atoms with Crippen LogP contribution < -0.4 is 14.8 Å². The Labute approximate surface area is 169 Å². The summed E-state index contributed by atoms with van der Waals surface area (Å²) in [6, 6.07) is 10.0. The summed E-state index contributed by atoms with van der Waals surface area (Å²) in [4.78, 5) is 24.2. The lowest BCUT2D eigenvalue weighted by Gasteiger charge is -2.21. The molecule has 6 nitrogen and oxygen atoms in total. The molecule has 1 aliphatic rings. The highest BCUT2D eigenvalue weighted by molar-refractivity contribution is 9.10. The number of carbonyl (C=O) groups is 2. The second kappa shape index (κ2) is 8.63. The smallest absolute Gasteiger partial charge is 0.340 e. The van der Waals surface area contributed by atoms with Gasteiger partial charge in [-0.3, -0.25) is 4.79 Å². The largest absolute Gasteiger partial charge is 0.486 e. The molecule has 142 valence electrons. The van der Waals surface area contributed by atoms with E-state index in [2.05, 4.69) is 21.2 Å². The molecule has 3 rings (SSSR count). The van der Waals surface area contributed by atoms with Gasteiger partial charge < -0.3 is 19.5 Å². The molecule has 1 heterocycles. The number of amides is 1. The minimum Gasteiger partial charge on any atom is -0.486 e. The van der Waals surface area contributed by atoms with E-state index in [0.29, 0.717) is 29.2 Å². The molecule has 0 aromatic heterocycles. The first-order valence-corrected chi connectivity index (χ1v) is 9.42. The third-order valence-corrected chi connectivity index (χ3v) is 4.75. The third kappa shape index (κ3) is 4.93. The second-order valence-electron chi connectivity index (χ2n) is 5.89. The molecule has 0 bridgehead atoms. The quantitative estimate of drug-likeness (QED) is 0.694. The fourth-order valence-corrected chi connectivity index (χ4v) is 3.11. The molecule has 2 aromatic carbocycles. The van der Waals surface area contributed by atoms with Gasteiger partial charge in [0.05, 0.1) is 16.6 Å². The van der Waals surface area contributed by atoms with E-state index in [1.165, 1.54) is 0 Å². The van der Waals surface area contributed by atoms with Crippen LogP contribution in [-0.2, 0) is 9.53 Å². The summed E-state index contributed by atoms with van der Waals surface area (Å²) in [6.45, 7) is 2.43. The summed E-state index contributed by atoms with van der Waals surface area (Å²) in [7, 11) is 0. The summed E-state index contributed by atoms with van der Waals surface area (Å²) in [5.74, 6) is 0.249. The monoisotopic (exact) mass is 453 g/mol. The Balaban J connectivity index is 1.56. The highest BCUT2D eigenvalue weighted by Gasteiger charge is 2.18. The van der Waals surface area contributed by atoms with Crippen molar-refractivity contribution in [1.82, 2.24) is 5.32 Å². The SMILES string of the molecule is CC(NC(=O)COC(=O)c1cc(Br)ccc1Cl)c1ccc2c(c1)OCCO2. The van der Waals surface area contributed by atoms with E-state index in [4.69, 9.17) is 25.8 Å². The Bertz CT molecular complexity index is 873. The minimum absolute atomic E-state index is 0.193. The maximum absolute atomic E-state index is 12.1. The first-order chi connectivity index (χ1) is 12.9. The fraction of sp³-hybridized carbons (Fsp3) is 0.263. The summed E-state index contributed by atoms with van der Waals surface area (Å²) >= 11 is 9.25. The number of hydrogen-bond donors (Lipinski definition) is 1. The molecule has 0 saturated heterocycles. The number of hydrogen-bond acceptors (Lipinski definition) is 5. The van der Waals surface area contributed by atoms with Gasteiger partial charge in [-0.15, -0.1) is 0 Å². The van der Waals surface area contributed by atoms with Crippen molar-refractivity contribution in [2.75, 3.05) is 19.8 Å². The summed E-state index contributed by atoms with van der Waals surface area (Å²) < 4.78 is 16.8. The molecule has 0 saturated carbocycles. The normalized spacial score (nSPS) is 13.6. The van der Waals surface area contributed by atoms with Crippen molar-refractivity contribution in [3.63, 3.8) is 0 Å². The molecule has 8 heteroatoms. The number of carbonyl (C=O) groups excluding carboxylic acids is 2. The molecular weight excluding hydrogens is 438 g/mol. The van der Waals surface area contributed by atoms with Crippen LogP contribution in [0.4, 0.5) is 0 Å². The Kier molecular flexibility index (Phi) is 6.23. The number of halogens is 2. The molecule has 1 atom stereocenters. The highest BCUT2D eigenvalue weighted by atomic mass is 79.9. The lowest BCUT2D eigenvalue weighted by molar-refractivity contribution is -0.124. The van der Waals surface area contributed by atoms with Gasteiger partial charge in [0.2, 0.25) is 0 Å². The zero-order valence-corrected chi connectivity index (χ0v) is 16.8. The van der Waals surface area contributed by atoms with Gasteiger partial charge in [-0.2, -0.15) is 0 Å². The third-order valence-electron chi connectivity index (χ3n) is 3.93. The fourth-order valence-electron chi connectivity index (χ4n) is 2.56. The predicted molar refractivity (Wildman–Crippen MR) is 103 cm³/mol. The van der Waals surface area contributed by atoms with Crippen molar-refractivity contribution in [2.24, 2.45) is 0 Å². The van der Waals surface area contributed by atoms with Gasteiger partial charge in [0.25, 0.3) is 5.91 Å². The maximum atomic E-state index is 12.1. The topological polar surface area (TPSA) is 73.9 Å². The summed E-state index contributed by atoms with van der Waals surface area (Å²) in [6.07, 6.45) is 0. The number of ether oxygens (including phenoxy) is 3. The van der Waals surface area contributed by atoms with Crippen LogP contribution in [0, 0.1) is 0 Å². The van der Waals surface area contributed by atoms with Crippen molar-refractivity contribution in [3.8, 4) is 11.5 Å². The first-order valence-electron chi connectivity index (χ1n) is 8.25. The van der Waals surface area contributed by atoms with E-state index in [1.807, 2.05) is 25.1 Å². The van der Waals surface area contributed by atoms with Crippen LogP contribution in [0.5, 0.6) is 11.5 Å². The van der Waals surface area contributed by atoms with E-state index in [9.17, 15) is 9.59 Å². The summed E-state index contributed by atoms with van der Waals surface area (Å²) in [5.41, 5.74) is 1.05. The average molecular weight is 455 g/mol. The average Bonchev–Trinajstić information content (AvgIpc) is 2.67. The summed E-state index contributed by atoms with van der Waals surface area (Å²) in [5, 5.41) is 3.04. The predicted octanol–water partition coefficient (Wildman–Crippen LogP) is 3.91. The van der Waals surface area contributed by atoms with Gasteiger partial charge in [0.1, 0.15) is 13.2 Å². The maximum Gasteiger partial charge on any atom is 0.340 e. The van der Waals surface area contributed by atoms with Gasteiger partial charge in [-0.25, -0.2) is 4.79 Å². The Hall–Kier alpha value is -2.25. The molecule has 1 N–H and O–H groups in total. The number of benzene rings is 2. The van der Waals surface area contributed by atoms with Crippen LogP contribution in [-0.4, -0.2) is 31.7 Å². The van der Waals surface area contributed by atoms with E-state index in [-0.39, 0.29) is 16.6 Å². The first kappa shape index (κ1) is 19.5. The second-order valence-corrected chi connectivity index (χ2v) is 7.22. The molecule has 27 heavy (non-hydrogen) atoms. The van der Waals surface area contributed by atoms with Gasteiger partial charge in [0.15, 0.2) is 18.1 Å². The molecule has 0 spiro atoms. The van der Waals surface area contributed by atoms with Crippen molar-refractivity contribution in [3.05, 3.63) is 57.0 Å². The Morgan fingerprint density at radius 2 is 1.93 bits per heavy atom. The van der Waals surface area contributed by atoms with E-state index >= 15 is 0 Å². The highest BCUT2D eigenvalue weighted by Crippen LogP contribution is 2.32. The van der Waals surface area contributed by atoms with Crippen molar-refractivity contribution in [2.45, 2.75) is 13.0 Å². The zero-order valence-electron chi connectivity index (χ0n) is 14.5. The van der Waals surface area contributed by atoms with Crippen LogP contribution >= 0.6 is 27.5 Å². The lowest BCUT2D eigenvalue weighted by Crippen LogP contribution is -2.31. The molecule has 1 unspecified atom stereocenters. The van der Waals surface area contributed by atoms with Gasteiger partial charge in [0, 0.05) is 4.47 Å². The van der Waals surface area contributed by atoms with Crippen LogP contribution in [0.2, 0.25) is 5.02 Å². The Morgan fingerprint density at radius 1 is 1.19 bits per heavy atom. The number of rotatable bonds is 5. The van der Waals surface area contributed by atoms with Crippen LogP contribution in [0.1, 0.15) is 28.9 Å². The Morgan fingerprint density at radius 3 is 2.70 bits per heavy atom. The van der Waals surface area contributed by atoms with Gasteiger partial charge >= 0.3 is 5.97 Å². The lowest BCUT2D eigenvalue weighted by atomic mass is 10.1. The zero-order chi connectivity index (χ0) is 19.4. The molecular formula is C19H17BrClNO5. The molecule has 1 aliphatic heterocycles. The molecule has 0 radical (unpaired) electrons. The number of esters is 1. The van der Waals surface area contributed by atoms with Crippen LogP contribution in [0.3, 0.4) is 0 Å². The van der Waals surface area contributed by atoms with Gasteiger partial charge in [-0.05, 0) is 42.8 Å². The molecule has 0 fully saturated rings. The molecule has 1 amide bonds. The van der Waals surface area contributed by atoms with Crippen molar-refractivity contribution < 1.29 is 23.8 Å². The molecule has 2 aromatic rings. The van der Waals surface area contributed by atoms with Crippen LogP contribution in [0.25, 0.3) is 0 Å². The number of nitrogens with one attached hydrogen (secondary N) is 1. The minimum atomic E-state index is -0.663. The molecule has 0 aliphatic carbocycles. The van der Waals surface area contributed by atoms with Gasteiger partial charge in [-0.1, -0.05) is 33.6 Å². The number of fused-ring (bicyclic) bond motifs is 1. The van der Waals surface area contributed by atoms with Crippen LogP contribution in [0.15, 0.2) is 40.9 Å². The van der Waals surface area contributed by atoms with E-state index in [0.717, 1.165) is 5.56 Å². The van der Waals surface area contributed by atoms with Crippen molar-refractivity contribution in [1.29, 1.82) is 0 Å². The van der Waals surface area contributed by atoms with E-state index in [1.54, 1.807) is 18.2 Å². The van der Waals surface area contributed by atoms with E-state index < -0.39 is 18.5 Å².